The predicted octanol–water partition coefficient (Wildman–Crippen LogP) is 3.07. The highest BCUT2D eigenvalue weighted by Gasteiger charge is 1.82. The standard InChI is InChI=1S/C10H12N/c1-2-3-9-11-10-7-5-4-6-8-10/h4-8H,2-3H2,1H3. The van der Waals surface area contributed by atoms with Gasteiger partial charge in [-0.05, 0) is 18.6 Å². The fourth-order valence-corrected chi connectivity index (χ4v) is 0.762. The molecule has 0 saturated carbocycles. The Labute approximate surface area is 67.8 Å². The molecule has 0 N–H and O–H groups in total. The third kappa shape index (κ3) is 2.99. The number of benzene rings is 1. The summed E-state index contributed by atoms with van der Waals surface area (Å²) in [6.07, 6.45) is 5.02. The zero-order valence-electron chi connectivity index (χ0n) is 6.75. The first-order chi connectivity index (χ1) is 5.43. The summed E-state index contributed by atoms with van der Waals surface area (Å²) >= 11 is 0. The predicted molar refractivity (Wildman–Crippen MR) is 48.4 cm³/mol. The molecule has 0 aliphatic heterocycles. The quantitative estimate of drug-likeness (QED) is 0.581. The van der Waals surface area contributed by atoms with E-state index in [0.29, 0.717) is 0 Å². The van der Waals surface area contributed by atoms with E-state index in [4.69, 9.17) is 0 Å². The van der Waals surface area contributed by atoms with Crippen LogP contribution in [0.15, 0.2) is 35.3 Å². The van der Waals surface area contributed by atoms with E-state index in [1.807, 2.05) is 30.3 Å². The van der Waals surface area contributed by atoms with Crippen LogP contribution >= 0.6 is 0 Å². The fourth-order valence-electron chi connectivity index (χ4n) is 0.762. The minimum atomic E-state index is 0.939. The molecule has 0 aromatic heterocycles. The van der Waals surface area contributed by atoms with Crippen LogP contribution in [0.1, 0.15) is 19.8 Å². The lowest BCUT2D eigenvalue weighted by atomic mass is 10.3. The molecule has 11 heavy (non-hydrogen) atoms. The number of unbranched alkanes of at least 4 members (excludes halogenated alkanes) is 1. The van der Waals surface area contributed by atoms with E-state index >= 15 is 0 Å². The zero-order chi connectivity index (χ0) is 7.94. The van der Waals surface area contributed by atoms with Gasteiger partial charge in [-0.1, -0.05) is 31.5 Å². The average Bonchev–Trinajstić information content (AvgIpc) is 2.07. The molecule has 1 radical (unpaired) electrons. The van der Waals surface area contributed by atoms with Crippen LogP contribution in [0.4, 0.5) is 5.69 Å². The van der Waals surface area contributed by atoms with Gasteiger partial charge in [0.1, 0.15) is 0 Å². The maximum Gasteiger partial charge on any atom is 0.0633 e. The summed E-state index contributed by atoms with van der Waals surface area (Å²) in [6.45, 7) is 2.12. The Balaban J connectivity index is 2.50. The molecule has 1 heteroatoms. The Morgan fingerprint density at radius 1 is 1.27 bits per heavy atom. The van der Waals surface area contributed by atoms with Crippen molar-refractivity contribution in [1.29, 1.82) is 0 Å². The Bertz CT molecular complexity index is 214. The minimum absolute atomic E-state index is 0.939. The number of hydrogen-bond donors (Lipinski definition) is 0. The second-order valence-electron chi connectivity index (χ2n) is 2.36. The largest absolute Gasteiger partial charge is 0.252 e. The van der Waals surface area contributed by atoms with Gasteiger partial charge >= 0.3 is 0 Å². The molecule has 1 rings (SSSR count). The lowest BCUT2D eigenvalue weighted by Gasteiger charge is -1.88. The van der Waals surface area contributed by atoms with Crippen LogP contribution in [-0.2, 0) is 0 Å². The van der Waals surface area contributed by atoms with E-state index in [1.54, 1.807) is 0 Å². The van der Waals surface area contributed by atoms with Gasteiger partial charge in [-0.2, -0.15) is 0 Å². The average molecular weight is 146 g/mol. The van der Waals surface area contributed by atoms with Gasteiger partial charge in [0.25, 0.3) is 0 Å². The first-order valence-corrected chi connectivity index (χ1v) is 3.92. The molecule has 0 unspecified atom stereocenters. The molecule has 0 aliphatic rings. The molecule has 0 spiro atoms. The summed E-state index contributed by atoms with van der Waals surface area (Å²) in [6, 6.07) is 9.89. The molecule has 0 saturated heterocycles. The van der Waals surface area contributed by atoms with Gasteiger partial charge in [0, 0.05) is 0 Å². The van der Waals surface area contributed by atoms with Crippen molar-refractivity contribution in [2.24, 2.45) is 4.99 Å². The first kappa shape index (κ1) is 7.99. The molecule has 1 nitrogen and oxygen atoms in total. The van der Waals surface area contributed by atoms with E-state index < -0.39 is 0 Å². The molecule has 57 valence electrons. The van der Waals surface area contributed by atoms with Crippen LogP contribution in [0.5, 0.6) is 0 Å². The third-order valence-electron chi connectivity index (χ3n) is 1.33. The van der Waals surface area contributed by atoms with Gasteiger partial charge in [0.15, 0.2) is 0 Å². The molecule has 0 fully saturated rings. The maximum atomic E-state index is 4.15. The number of aliphatic imine (C=N–C) groups is 1. The Morgan fingerprint density at radius 3 is 2.64 bits per heavy atom. The molecule has 0 heterocycles. The van der Waals surface area contributed by atoms with Crippen molar-refractivity contribution in [2.45, 2.75) is 19.8 Å². The molecule has 0 aliphatic carbocycles. The number of hydrogen-bond acceptors (Lipinski definition) is 1. The van der Waals surface area contributed by atoms with E-state index in [1.165, 1.54) is 0 Å². The highest BCUT2D eigenvalue weighted by atomic mass is 14.7. The van der Waals surface area contributed by atoms with Crippen molar-refractivity contribution in [2.75, 3.05) is 0 Å². The summed E-state index contributed by atoms with van der Waals surface area (Å²) in [4.78, 5) is 4.15. The first-order valence-electron chi connectivity index (χ1n) is 3.92. The topological polar surface area (TPSA) is 12.4 Å². The van der Waals surface area contributed by atoms with Gasteiger partial charge < -0.3 is 0 Å². The molecular formula is C10H12N. The number of rotatable bonds is 3. The zero-order valence-corrected chi connectivity index (χ0v) is 6.75. The maximum absolute atomic E-state index is 4.15. The lowest BCUT2D eigenvalue weighted by molar-refractivity contribution is 1.01. The molecule has 0 amide bonds. The number of para-hydroxylation sites is 1. The van der Waals surface area contributed by atoms with Crippen molar-refractivity contribution in [3.05, 3.63) is 30.3 Å². The van der Waals surface area contributed by atoms with Gasteiger partial charge in [-0.3, -0.25) is 4.99 Å². The normalized spacial score (nSPS) is 10.6. The highest BCUT2D eigenvalue weighted by molar-refractivity contribution is 5.62. The summed E-state index contributed by atoms with van der Waals surface area (Å²) in [5.74, 6) is 0. The van der Waals surface area contributed by atoms with Gasteiger partial charge in [-0.25, -0.2) is 0 Å². The Kier molecular flexibility index (Phi) is 3.39. The van der Waals surface area contributed by atoms with E-state index in [0.717, 1.165) is 18.5 Å². The smallest absolute Gasteiger partial charge is 0.0633 e. The SMILES string of the molecule is CCC/[C]=N/c1ccccc1. The van der Waals surface area contributed by atoms with Crippen LogP contribution in [0.25, 0.3) is 0 Å². The summed E-state index contributed by atoms with van der Waals surface area (Å²) in [5, 5.41) is 0. The Hall–Kier alpha value is -1.11. The summed E-state index contributed by atoms with van der Waals surface area (Å²) in [7, 11) is 0. The summed E-state index contributed by atoms with van der Waals surface area (Å²) in [5.41, 5.74) is 0.987. The van der Waals surface area contributed by atoms with Crippen molar-refractivity contribution in [3.63, 3.8) is 0 Å². The third-order valence-corrected chi connectivity index (χ3v) is 1.33. The minimum Gasteiger partial charge on any atom is -0.252 e. The van der Waals surface area contributed by atoms with Crippen molar-refractivity contribution in [1.82, 2.24) is 0 Å². The molecular weight excluding hydrogens is 134 g/mol. The van der Waals surface area contributed by atoms with Gasteiger partial charge in [0.05, 0.1) is 11.9 Å². The van der Waals surface area contributed by atoms with Crippen molar-refractivity contribution in [3.8, 4) is 0 Å². The van der Waals surface area contributed by atoms with E-state index in [9.17, 15) is 0 Å². The molecule has 0 atom stereocenters. The fraction of sp³-hybridized carbons (Fsp3) is 0.300. The van der Waals surface area contributed by atoms with Crippen molar-refractivity contribution >= 4 is 11.9 Å². The van der Waals surface area contributed by atoms with Crippen LogP contribution in [0, 0.1) is 0 Å². The monoisotopic (exact) mass is 146 g/mol. The van der Waals surface area contributed by atoms with Crippen LogP contribution in [0.3, 0.4) is 0 Å². The van der Waals surface area contributed by atoms with E-state index in [2.05, 4.69) is 18.1 Å². The molecule has 1 aromatic rings. The second-order valence-corrected chi connectivity index (χ2v) is 2.36. The Morgan fingerprint density at radius 2 is 2.00 bits per heavy atom. The number of nitrogens with zero attached hydrogens (tertiary/aromatic N) is 1. The lowest BCUT2D eigenvalue weighted by Crippen LogP contribution is -1.70. The summed E-state index contributed by atoms with van der Waals surface area (Å²) < 4.78 is 0. The second kappa shape index (κ2) is 4.67. The van der Waals surface area contributed by atoms with Crippen LogP contribution in [0.2, 0.25) is 0 Å². The van der Waals surface area contributed by atoms with Crippen molar-refractivity contribution < 1.29 is 0 Å². The van der Waals surface area contributed by atoms with E-state index in [-0.39, 0.29) is 0 Å². The molecule has 0 bridgehead atoms. The van der Waals surface area contributed by atoms with Gasteiger partial charge in [-0.15, -0.1) is 0 Å². The van der Waals surface area contributed by atoms with Crippen LogP contribution < -0.4 is 0 Å². The van der Waals surface area contributed by atoms with Gasteiger partial charge in [0.2, 0.25) is 0 Å². The van der Waals surface area contributed by atoms with Crippen LogP contribution in [-0.4, -0.2) is 6.21 Å². The molecule has 1 aromatic carbocycles. The highest BCUT2D eigenvalue weighted by Crippen LogP contribution is 2.08.